The van der Waals surface area contributed by atoms with Crippen LogP contribution in [0, 0.1) is 0 Å². The zero-order valence-electron chi connectivity index (χ0n) is 18.3. The SMILES string of the molecule is O=C(c1ccc(N2CCc3ccccc3C2)cc1)N1CCC(c2nc(C3CC3)n[nH]2)CC1. The summed E-state index contributed by atoms with van der Waals surface area (Å²) in [7, 11) is 0. The Morgan fingerprint density at radius 3 is 2.38 bits per heavy atom. The Morgan fingerprint density at radius 2 is 1.62 bits per heavy atom. The van der Waals surface area contributed by atoms with Gasteiger partial charge in [-0.2, -0.15) is 5.10 Å². The van der Waals surface area contributed by atoms with Crippen molar-refractivity contribution >= 4 is 11.6 Å². The molecule has 6 nitrogen and oxygen atoms in total. The summed E-state index contributed by atoms with van der Waals surface area (Å²) in [6, 6.07) is 16.9. The summed E-state index contributed by atoms with van der Waals surface area (Å²) in [5, 5.41) is 7.54. The van der Waals surface area contributed by atoms with Crippen LogP contribution >= 0.6 is 0 Å². The molecule has 1 saturated carbocycles. The number of amides is 1. The van der Waals surface area contributed by atoms with E-state index >= 15 is 0 Å². The van der Waals surface area contributed by atoms with E-state index in [2.05, 4.69) is 51.5 Å². The third-order valence-electron chi connectivity index (χ3n) is 7.24. The van der Waals surface area contributed by atoms with Gasteiger partial charge in [0.15, 0.2) is 5.82 Å². The molecule has 3 aromatic rings. The van der Waals surface area contributed by atoms with Gasteiger partial charge in [0.05, 0.1) is 0 Å². The van der Waals surface area contributed by atoms with Gasteiger partial charge in [-0.15, -0.1) is 0 Å². The number of aromatic amines is 1. The van der Waals surface area contributed by atoms with E-state index in [0.29, 0.717) is 11.8 Å². The number of aromatic nitrogens is 3. The van der Waals surface area contributed by atoms with Gasteiger partial charge in [-0.05, 0) is 67.5 Å². The van der Waals surface area contributed by atoms with Crippen LogP contribution in [0.4, 0.5) is 5.69 Å². The Kier molecular flexibility index (Phi) is 4.93. The lowest BCUT2D eigenvalue weighted by atomic mass is 9.95. The number of H-pyrrole nitrogens is 1. The Balaban J connectivity index is 1.07. The number of carbonyl (C=O) groups excluding carboxylic acids is 1. The third-order valence-corrected chi connectivity index (χ3v) is 7.24. The lowest BCUT2D eigenvalue weighted by Gasteiger charge is -2.32. The molecule has 0 atom stereocenters. The first kappa shape index (κ1) is 19.5. The number of fused-ring (bicyclic) bond motifs is 1. The molecule has 1 N–H and O–H groups in total. The number of anilines is 1. The highest BCUT2D eigenvalue weighted by atomic mass is 16.2. The third kappa shape index (κ3) is 3.78. The normalized spacial score (nSPS) is 19.1. The molecule has 1 amide bonds. The molecule has 2 fully saturated rings. The Hall–Kier alpha value is -3.15. The zero-order chi connectivity index (χ0) is 21.5. The fourth-order valence-electron chi connectivity index (χ4n) is 5.06. The number of nitrogens with one attached hydrogen (secondary N) is 1. The second-order valence-electron chi connectivity index (χ2n) is 9.41. The molecule has 0 unspecified atom stereocenters. The van der Waals surface area contributed by atoms with Crippen molar-refractivity contribution in [3.8, 4) is 0 Å². The Bertz CT molecular complexity index is 1110. The maximum absolute atomic E-state index is 13.1. The van der Waals surface area contributed by atoms with Gasteiger partial charge < -0.3 is 9.80 Å². The quantitative estimate of drug-likeness (QED) is 0.676. The first-order valence-corrected chi connectivity index (χ1v) is 11.9. The second-order valence-corrected chi connectivity index (χ2v) is 9.41. The molecule has 0 radical (unpaired) electrons. The van der Waals surface area contributed by atoms with E-state index < -0.39 is 0 Å². The number of carbonyl (C=O) groups is 1. The zero-order valence-corrected chi connectivity index (χ0v) is 18.3. The van der Waals surface area contributed by atoms with Crippen molar-refractivity contribution in [1.82, 2.24) is 20.1 Å². The van der Waals surface area contributed by atoms with Crippen LogP contribution in [0.1, 0.15) is 70.7 Å². The number of piperidine rings is 1. The van der Waals surface area contributed by atoms with E-state index in [1.54, 1.807) is 0 Å². The Morgan fingerprint density at radius 1 is 0.875 bits per heavy atom. The maximum atomic E-state index is 13.1. The summed E-state index contributed by atoms with van der Waals surface area (Å²) < 4.78 is 0. The molecule has 6 heteroatoms. The minimum atomic E-state index is 0.134. The van der Waals surface area contributed by atoms with Crippen molar-refractivity contribution in [2.75, 3.05) is 24.5 Å². The number of hydrogen-bond donors (Lipinski definition) is 1. The van der Waals surface area contributed by atoms with E-state index in [4.69, 9.17) is 4.98 Å². The number of rotatable bonds is 4. The number of likely N-dealkylation sites (tertiary alicyclic amines) is 1. The van der Waals surface area contributed by atoms with Crippen LogP contribution in [-0.2, 0) is 13.0 Å². The minimum absolute atomic E-state index is 0.134. The van der Waals surface area contributed by atoms with Crippen molar-refractivity contribution in [1.29, 1.82) is 0 Å². The van der Waals surface area contributed by atoms with Gasteiger partial charge in [-0.1, -0.05) is 24.3 Å². The van der Waals surface area contributed by atoms with Gasteiger partial charge in [0.2, 0.25) is 0 Å². The molecule has 32 heavy (non-hydrogen) atoms. The molecule has 1 aliphatic carbocycles. The van der Waals surface area contributed by atoms with Gasteiger partial charge >= 0.3 is 0 Å². The van der Waals surface area contributed by atoms with Crippen molar-refractivity contribution in [3.05, 3.63) is 76.9 Å². The standard InChI is InChI=1S/C26H29N5O/c32-26(30-14-12-20(13-15-30)25-27-24(28-29-25)19-5-6-19)21-7-9-23(10-8-21)31-16-11-18-3-1-2-4-22(18)17-31/h1-4,7-10,19-20H,5-6,11-17H2,(H,27,28,29). The highest BCUT2D eigenvalue weighted by Crippen LogP contribution is 2.38. The summed E-state index contributed by atoms with van der Waals surface area (Å²) in [6.07, 6.45) is 5.38. The fourth-order valence-corrected chi connectivity index (χ4v) is 5.06. The summed E-state index contributed by atoms with van der Waals surface area (Å²) >= 11 is 0. The van der Waals surface area contributed by atoms with Crippen molar-refractivity contribution < 1.29 is 4.79 Å². The number of benzene rings is 2. The van der Waals surface area contributed by atoms with Gasteiger partial charge in [0, 0.05) is 49.3 Å². The van der Waals surface area contributed by atoms with Gasteiger partial charge in [0.25, 0.3) is 5.91 Å². The van der Waals surface area contributed by atoms with Crippen LogP contribution in [0.2, 0.25) is 0 Å². The van der Waals surface area contributed by atoms with Crippen molar-refractivity contribution in [2.45, 2.75) is 50.5 Å². The van der Waals surface area contributed by atoms with Crippen molar-refractivity contribution in [3.63, 3.8) is 0 Å². The van der Waals surface area contributed by atoms with Crippen LogP contribution in [0.5, 0.6) is 0 Å². The highest BCUT2D eigenvalue weighted by Gasteiger charge is 2.31. The maximum Gasteiger partial charge on any atom is 0.253 e. The molecule has 2 aliphatic heterocycles. The molecule has 0 spiro atoms. The molecule has 3 aliphatic rings. The average Bonchev–Trinajstić information content (AvgIpc) is 3.60. The summed E-state index contributed by atoms with van der Waals surface area (Å²) in [6.45, 7) is 3.49. The van der Waals surface area contributed by atoms with Crippen LogP contribution < -0.4 is 4.90 Å². The first-order valence-electron chi connectivity index (χ1n) is 11.9. The van der Waals surface area contributed by atoms with E-state index in [0.717, 1.165) is 62.7 Å². The van der Waals surface area contributed by atoms with E-state index in [-0.39, 0.29) is 5.91 Å². The van der Waals surface area contributed by atoms with Gasteiger partial charge in [-0.25, -0.2) is 4.98 Å². The van der Waals surface area contributed by atoms with Crippen LogP contribution in [0.25, 0.3) is 0 Å². The molecular weight excluding hydrogens is 398 g/mol. The lowest BCUT2D eigenvalue weighted by molar-refractivity contribution is 0.0711. The topological polar surface area (TPSA) is 65.1 Å². The predicted molar refractivity (Wildman–Crippen MR) is 124 cm³/mol. The van der Waals surface area contributed by atoms with Crippen LogP contribution in [0.15, 0.2) is 48.5 Å². The first-order chi connectivity index (χ1) is 15.7. The number of hydrogen-bond acceptors (Lipinski definition) is 4. The van der Waals surface area contributed by atoms with Gasteiger partial charge in [0.1, 0.15) is 5.82 Å². The largest absolute Gasteiger partial charge is 0.367 e. The molecule has 0 bridgehead atoms. The smallest absolute Gasteiger partial charge is 0.253 e. The molecule has 6 rings (SSSR count). The summed E-state index contributed by atoms with van der Waals surface area (Å²) in [5.74, 6) is 3.07. The van der Waals surface area contributed by atoms with E-state index in [1.165, 1.54) is 29.7 Å². The summed E-state index contributed by atoms with van der Waals surface area (Å²) in [4.78, 5) is 22.2. The van der Waals surface area contributed by atoms with Crippen LogP contribution in [0.3, 0.4) is 0 Å². The molecule has 3 heterocycles. The molecule has 164 valence electrons. The highest BCUT2D eigenvalue weighted by molar-refractivity contribution is 5.94. The Labute approximate surface area is 188 Å². The molecule has 2 aromatic carbocycles. The summed E-state index contributed by atoms with van der Waals surface area (Å²) in [5.41, 5.74) is 4.82. The minimum Gasteiger partial charge on any atom is -0.367 e. The average molecular weight is 428 g/mol. The molecular formula is C26H29N5O. The molecule has 1 saturated heterocycles. The van der Waals surface area contributed by atoms with Crippen LogP contribution in [-0.4, -0.2) is 45.6 Å². The second kappa shape index (κ2) is 8.08. The van der Waals surface area contributed by atoms with E-state index in [1.807, 2.05) is 17.0 Å². The molecule has 1 aromatic heterocycles. The van der Waals surface area contributed by atoms with E-state index in [9.17, 15) is 4.79 Å². The predicted octanol–water partition coefficient (Wildman–Crippen LogP) is 4.26. The fraction of sp³-hybridized carbons (Fsp3) is 0.423. The monoisotopic (exact) mass is 427 g/mol. The van der Waals surface area contributed by atoms with Crippen molar-refractivity contribution in [2.24, 2.45) is 0 Å². The lowest BCUT2D eigenvalue weighted by Crippen LogP contribution is -2.38. The number of nitrogens with zero attached hydrogens (tertiary/aromatic N) is 4. The van der Waals surface area contributed by atoms with Gasteiger partial charge in [-0.3, -0.25) is 9.89 Å².